The minimum atomic E-state index is -1.08. The van der Waals surface area contributed by atoms with Gasteiger partial charge < -0.3 is 14.8 Å². The summed E-state index contributed by atoms with van der Waals surface area (Å²) in [6.45, 7) is 12.1. The SMILES string of the molecule is CC(=O)[O-].CCN(CC)c1ccc(C=CC2=[N+](C)c3ccccc3C2(C)C)cc1. The monoisotopic (exact) mass is 392 g/mol. The summed E-state index contributed by atoms with van der Waals surface area (Å²) in [5.74, 6) is -1.08. The summed E-state index contributed by atoms with van der Waals surface area (Å²) in [4.78, 5) is 11.3. The van der Waals surface area contributed by atoms with Gasteiger partial charge in [0.15, 0.2) is 5.71 Å². The van der Waals surface area contributed by atoms with Crippen molar-refractivity contribution < 1.29 is 14.5 Å². The topological polar surface area (TPSA) is 46.4 Å². The molecule has 2 aromatic rings. The highest BCUT2D eigenvalue weighted by molar-refractivity contribution is 6.05. The Morgan fingerprint density at radius 2 is 1.59 bits per heavy atom. The minimum absolute atomic E-state index is 0.0308. The number of hydrogen-bond acceptors (Lipinski definition) is 3. The molecule has 0 amide bonds. The predicted octanol–water partition coefficient (Wildman–Crippen LogP) is 4.01. The van der Waals surface area contributed by atoms with Crippen LogP contribution in [0.1, 0.15) is 45.7 Å². The molecule has 0 radical (unpaired) electrons. The van der Waals surface area contributed by atoms with E-state index in [1.165, 1.54) is 28.2 Å². The highest BCUT2D eigenvalue weighted by atomic mass is 16.4. The maximum absolute atomic E-state index is 8.89. The number of carbonyl (C=O) groups is 1. The van der Waals surface area contributed by atoms with E-state index in [2.05, 4.69) is 105 Å². The molecule has 4 nitrogen and oxygen atoms in total. The number of fused-ring (bicyclic) bond motifs is 1. The Morgan fingerprint density at radius 3 is 2.10 bits per heavy atom. The largest absolute Gasteiger partial charge is 0.550 e. The third kappa shape index (κ3) is 5.14. The van der Waals surface area contributed by atoms with E-state index in [9.17, 15) is 0 Å². The van der Waals surface area contributed by atoms with E-state index >= 15 is 0 Å². The van der Waals surface area contributed by atoms with Crippen molar-refractivity contribution in [2.45, 2.75) is 40.0 Å². The van der Waals surface area contributed by atoms with Crippen molar-refractivity contribution in [3.63, 3.8) is 0 Å². The maximum atomic E-state index is 8.89. The lowest BCUT2D eigenvalue weighted by molar-refractivity contribution is -0.401. The number of carbonyl (C=O) groups excluding carboxylic acids is 1. The standard InChI is InChI=1S/C23H29N2.C2H4O2/c1-6-25(7-2)19-15-12-18(13-16-19)14-17-22-23(3,4)20-10-8-9-11-21(20)24(22)5;1-2(3)4/h8-17H,6-7H2,1-5H3;1H3,(H,3,4)/q+1;/p-1. The molecular weight excluding hydrogens is 360 g/mol. The molecule has 0 aromatic heterocycles. The van der Waals surface area contributed by atoms with Gasteiger partial charge in [-0.1, -0.05) is 30.3 Å². The van der Waals surface area contributed by atoms with Crippen LogP contribution in [0.15, 0.2) is 54.6 Å². The van der Waals surface area contributed by atoms with E-state index < -0.39 is 5.97 Å². The van der Waals surface area contributed by atoms with E-state index in [1.54, 1.807) is 0 Å². The molecule has 1 aliphatic heterocycles. The molecule has 4 heteroatoms. The maximum Gasteiger partial charge on any atom is 0.209 e. The van der Waals surface area contributed by atoms with Crippen molar-refractivity contribution in [2.24, 2.45) is 0 Å². The minimum Gasteiger partial charge on any atom is -0.550 e. The fraction of sp³-hybridized carbons (Fsp3) is 0.360. The van der Waals surface area contributed by atoms with Crippen molar-refractivity contribution in [2.75, 3.05) is 25.0 Å². The lowest BCUT2D eigenvalue weighted by Gasteiger charge is -2.20. The molecule has 3 rings (SSSR count). The normalized spacial score (nSPS) is 14.4. The summed E-state index contributed by atoms with van der Waals surface area (Å²) in [6.07, 6.45) is 4.50. The molecule has 0 unspecified atom stereocenters. The molecular formula is C25H32N2O2. The summed E-state index contributed by atoms with van der Waals surface area (Å²) in [5.41, 5.74) is 6.60. The van der Waals surface area contributed by atoms with Crippen LogP contribution in [0.5, 0.6) is 0 Å². The van der Waals surface area contributed by atoms with Gasteiger partial charge in [-0.15, -0.1) is 0 Å². The lowest BCUT2D eigenvalue weighted by Crippen LogP contribution is -2.26. The highest BCUT2D eigenvalue weighted by Gasteiger charge is 2.42. The van der Waals surface area contributed by atoms with Crippen molar-refractivity contribution in [3.05, 3.63) is 65.7 Å². The number of anilines is 1. The molecule has 0 fully saturated rings. The molecule has 0 N–H and O–H groups in total. The average Bonchev–Trinajstić information content (AvgIpc) is 2.88. The van der Waals surface area contributed by atoms with Gasteiger partial charge in [-0.05, 0) is 58.4 Å². The number of rotatable bonds is 5. The molecule has 1 heterocycles. The molecule has 1 aliphatic rings. The van der Waals surface area contributed by atoms with Gasteiger partial charge in [0.05, 0.1) is 5.41 Å². The number of carboxylic acids is 1. The van der Waals surface area contributed by atoms with E-state index in [4.69, 9.17) is 9.90 Å². The summed E-state index contributed by atoms with van der Waals surface area (Å²) < 4.78 is 2.32. The molecule has 29 heavy (non-hydrogen) atoms. The first kappa shape index (κ1) is 22.4. The fourth-order valence-corrected chi connectivity index (χ4v) is 3.86. The van der Waals surface area contributed by atoms with Crippen LogP contribution >= 0.6 is 0 Å². The van der Waals surface area contributed by atoms with Crippen LogP contribution in [-0.2, 0) is 10.2 Å². The molecule has 0 spiro atoms. The number of para-hydroxylation sites is 1. The Hall–Kier alpha value is -2.88. The predicted molar refractivity (Wildman–Crippen MR) is 120 cm³/mol. The van der Waals surface area contributed by atoms with Crippen LogP contribution in [0.3, 0.4) is 0 Å². The van der Waals surface area contributed by atoms with Crippen LogP contribution in [0.4, 0.5) is 11.4 Å². The third-order valence-electron chi connectivity index (χ3n) is 5.40. The van der Waals surface area contributed by atoms with Crippen LogP contribution in [0.2, 0.25) is 0 Å². The average molecular weight is 393 g/mol. The zero-order valence-electron chi connectivity index (χ0n) is 18.4. The second-order valence-electron chi connectivity index (χ2n) is 7.68. The number of aliphatic carboxylic acids is 1. The number of nitrogens with zero attached hydrogens (tertiary/aromatic N) is 2. The number of benzene rings is 2. The van der Waals surface area contributed by atoms with Gasteiger partial charge in [-0.3, -0.25) is 0 Å². The zero-order chi connectivity index (χ0) is 21.6. The van der Waals surface area contributed by atoms with Gasteiger partial charge in [0.1, 0.15) is 7.05 Å². The fourth-order valence-electron chi connectivity index (χ4n) is 3.86. The summed E-state index contributed by atoms with van der Waals surface area (Å²) >= 11 is 0. The molecule has 0 saturated carbocycles. The van der Waals surface area contributed by atoms with E-state index in [0.717, 1.165) is 20.0 Å². The Kier molecular flexibility index (Phi) is 7.38. The van der Waals surface area contributed by atoms with Crippen molar-refractivity contribution in [3.8, 4) is 0 Å². The first-order chi connectivity index (χ1) is 13.7. The molecule has 154 valence electrons. The van der Waals surface area contributed by atoms with Crippen LogP contribution in [-0.4, -0.2) is 36.4 Å². The van der Waals surface area contributed by atoms with Gasteiger partial charge in [0, 0.05) is 42.5 Å². The zero-order valence-corrected chi connectivity index (χ0v) is 18.4. The Labute approximate surface area is 174 Å². The van der Waals surface area contributed by atoms with Crippen LogP contribution in [0, 0.1) is 0 Å². The second kappa shape index (κ2) is 9.55. The van der Waals surface area contributed by atoms with Gasteiger partial charge in [0.25, 0.3) is 0 Å². The number of carboxylic acid groups (broad SMARTS) is 1. The van der Waals surface area contributed by atoms with Crippen molar-refractivity contribution in [1.82, 2.24) is 0 Å². The number of hydrogen-bond donors (Lipinski definition) is 0. The van der Waals surface area contributed by atoms with Gasteiger partial charge in [-0.25, -0.2) is 0 Å². The van der Waals surface area contributed by atoms with E-state index in [0.29, 0.717) is 0 Å². The van der Waals surface area contributed by atoms with Gasteiger partial charge in [0.2, 0.25) is 5.69 Å². The highest BCUT2D eigenvalue weighted by Crippen LogP contribution is 2.39. The second-order valence-corrected chi connectivity index (χ2v) is 7.68. The Balaban J connectivity index is 0.000000687. The van der Waals surface area contributed by atoms with Crippen LogP contribution in [0.25, 0.3) is 6.08 Å². The van der Waals surface area contributed by atoms with Crippen molar-refractivity contribution >= 4 is 29.1 Å². The van der Waals surface area contributed by atoms with Crippen molar-refractivity contribution in [1.29, 1.82) is 0 Å². The van der Waals surface area contributed by atoms with Crippen LogP contribution < -0.4 is 10.0 Å². The Bertz CT molecular complexity index is 901. The Morgan fingerprint density at radius 1 is 1.03 bits per heavy atom. The first-order valence-electron chi connectivity index (χ1n) is 10.1. The third-order valence-corrected chi connectivity index (χ3v) is 5.40. The van der Waals surface area contributed by atoms with Gasteiger partial charge >= 0.3 is 0 Å². The number of allylic oxidation sites excluding steroid dienone is 1. The quantitative estimate of drug-likeness (QED) is 0.723. The molecule has 0 aliphatic carbocycles. The summed E-state index contributed by atoms with van der Waals surface area (Å²) in [7, 11) is 2.16. The molecule has 2 aromatic carbocycles. The summed E-state index contributed by atoms with van der Waals surface area (Å²) in [6, 6.07) is 17.5. The smallest absolute Gasteiger partial charge is 0.209 e. The molecule has 0 bridgehead atoms. The van der Waals surface area contributed by atoms with E-state index in [1.807, 2.05) is 0 Å². The summed E-state index contributed by atoms with van der Waals surface area (Å²) in [5, 5.41) is 8.89. The van der Waals surface area contributed by atoms with E-state index in [-0.39, 0.29) is 5.41 Å². The first-order valence-corrected chi connectivity index (χ1v) is 10.1. The molecule has 0 atom stereocenters. The lowest BCUT2D eigenvalue weighted by atomic mass is 9.81. The van der Waals surface area contributed by atoms with Gasteiger partial charge in [-0.2, -0.15) is 4.58 Å². The molecule has 0 saturated heterocycles.